The van der Waals surface area contributed by atoms with Crippen molar-refractivity contribution in [2.45, 2.75) is 24.9 Å². The van der Waals surface area contributed by atoms with Gasteiger partial charge in [-0.2, -0.15) is 13.2 Å². The summed E-state index contributed by atoms with van der Waals surface area (Å²) in [6.07, 6.45) is -2.33. The Labute approximate surface area is 167 Å². The molecule has 2 aromatic heterocycles. The molecule has 1 atom stereocenters. The zero-order chi connectivity index (χ0) is 20.8. The van der Waals surface area contributed by atoms with Gasteiger partial charge in [-0.25, -0.2) is 4.39 Å². The summed E-state index contributed by atoms with van der Waals surface area (Å²) in [5.74, 6) is -1.27. The third-order valence-electron chi connectivity index (χ3n) is 5.01. The van der Waals surface area contributed by atoms with Crippen LogP contribution in [0.1, 0.15) is 40.5 Å². The highest BCUT2D eigenvalue weighted by atomic mass is 35.5. The maximum Gasteiger partial charge on any atom is 0.417 e. The summed E-state index contributed by atoms with van der Waals surface area (Å²) in [6.45, 7) is 0.574. The molecule has 0 bridgehead atoms. The van der Waals surface area contributed by atoms with E-state index in [0.29, 0.717) is 25.2 Å². The lowest BCUT2D eigenvalue weighted by Crippen LogP contribution is -2.40. The minimum Gasteiger partial charge on any atom is -0.338 e. The molecule has 1 fully saturated rings. The van der Waals surface area contributed by atoms with Crippen LogP contribution in [-0.4, -0.2) is 38.5 Å². The van der Waals surface area contributed by atoms with E-state index >= 15 is 0 Å². The van der Waals surface area contributed by atoms with E-state index in [1.165, 1.54) is 27.5 Å². The van der Waals surface area contributed by atoms with Crippen molar-refractivity contribution in [3.05, 3.63) is 64.3 Å². The summed E-state index contributed by atoms with van der Waals surface area (Å²) in [7, 11) is 0. The number of alkyl halides is 3. The predicted molar refractivity (Wildman–Crippen MR) is 97.3 cm³/mol. The molecule has 1 amide bonds. The van der Waals surface area contributed by atoms with E-state index in [0.717, 1.165) is 18.3 Å². The molecule has 1 aliphatic heterocycles. The molecule has 0 aliphatic carbocycles. The predicted octanol–water partition coefficient (Wildman–Crippen LogP) is 4.56. The number of amides is 1. The van der Waals surface area contributed by atoms with E-state index in [9.17, 15) is 22.4 Å². The first-order valence-corrected chi connectivity index (χ1v) is 9.28. The second-order valence-electron chi connectivity index (χ2n) is 6.89. The van der Waals surface area contributed by atoms with Crippen LogP contribution in [0.2, 0.25) is 5.02 Å². The Morgan fingerprint density at radius 1 is 1.17 bits per heavy atom. The smallest absolute Gasteiger partial charge is 0.338 e. The number of piperidine rings is 1. The molecule has 3 aromatic rings. The number of benzene rings is 1. The second-order valence-corrected chi connectivity index (χ2v) is 7.30. The molecule has 3 heterocycles. The van der Waals surface area contributed by atoms with Crippen molar-refractivity contribution in [3.63, 3.8) is 0 Å². The van der Waals surface area contributed by atoms with Crippen molar-refractivity contribution in [2.75, 3.05) is 13.1 Å². The first-order chi connectivity index (χ1) is 13.8. The molecule has 1 aromatic carbocycles. The number of hydrogen-bond acceptors (Lipinski definition) is 3. The summed E-state index contributed by atoms with van der Waals surface area (Å²) in [5.41, 5.74) is -0.734. The first-order valence-electron chi connectivity index (χ1n) is 8.91. The molecular weight excluding hydrogens is 412 g/mol. The normalized spacial score (nSPS) is 17.7. The molecule has 5 nitrogen and oxygen atoms in total. The van der Waals surface area contributed by atoms with Crippen molar-refractivity contribution in [1.82, 2.24) is 19.5 Å². The summed E-state index contributed by atoms with van der Waals surface area (Å²) < 4.78 is 54.6. The lowest BCUT2D eigenvalue weighted by molar-refractivity contribution is -0.137. The molecule has 1 unspecified atom stereocenters. The first kappa shape index (κ1) is 19.6. The Kier molecular flexibility index (Phi) is 4.94. The van der Waals surface area contributed by atoms with Crippen molar-refractivity contribution in [2.24, 2.45) is 0 Å². The van der Waals surface area contributed by atoms with E-state index in [1.807, 2.05) is 0 Å². The lowest BCUT2D eigenvalue weighted by atomic mass is 9.96. The third-order valence-corrected chi connectivity index (χ3v) is 5.32. The highest BCUT2D eigenvalue weighted by Crippen LogP contribution is 2.32. The highest BCUT2D eigenvalue weighted by Gasteiger charge is 2.33. The van der Waals surface area contributed by atoms with Gasteiger partial charge < -0.3 is 4.90 Å². The van der Waals surface area contributed by atoms with Gasteiger partial charge in [-0.3, -0.25) is 9.20 Å². The Morgan fingerprint density at radius 2 is 1.97 bits per heavy atom. The summed E-state index contributed by atoms with van der Waals surface area (Å²) in [4.78, 5) is 14.3. The van der Waals surface area contributed by atoms with Crippen LogP contribution in [0.25, 0.3) is 5.65 Å². The standard InChI is InChI=1S/C19H15ClF4N4O/c20-13-4-1-5-14(21)16(13)18(29)27-8-2-3-11(9-27)17-26-25-15-7-6-12(10-28(15)17)19(22,23)24/h1,4-7,10-11H,2-3,8-9H2. The second kappa shape index (κ2) is 7.29. The van der Waals surface area contributed by atoms with Gasteiger partial charge in [-0.05, 0) is 37.1 Å². The van der Waals surface area contributed by atoms with Crippen LogP contribution in [0.15, 0.2) is 36.5 Å². The average Bonchev–Trinajstić information content (AvgIpc) is 3.10. The fourth-order valence-corrected chi connectivity index (χ4v) is 3.83. The van der Waals surface area contributed by atoms with Gasteiger partial charge in [0.1, 0.15) is 11.6 Å². The number of likely N-dealkylation sites (tertiary alicyclic amines) is 1. The Balaban J connectivity index is 1.64. The molecule has 10 heteroatoms. The summed E-state index contributed by atoms with van der Waals surface area (Å²) in [5, 5.41) is 8.00. The van der Waals surface area contributed by atoms with Gasteiger partial charge in [0.25, 0.3) is 5.91 Å². The van der Waals surface area contributed by atoms with Crippen LogP contribution < -0.4 is 0 Å². The number of fused-ring (bicyclic) bond motifs is 1. The number of nitrogens with zero attached hydrogens (tertiary/aromatic N) is 4. The lowest BCUT2D eigenvalue weighted by Gasteiger charge is -2.32. The molecule has 0 saturated carbocycles. The summed E-state index contributed by atoms with van der Waals surface area (Å²) >= 11 is 6.00. The van der Waals surface area contributed by atoms with Crippen LogP contribution in [0.4, 0.5) is 17.6 Å². The summed E-state index contributed by atoms with van der Waals surface area (Å²) in [6, 6.07) is 6.21. The SMILES string of the molecule is O=C(c1c(F)cccc1Cl)N1CCCC(c2nnc3ccc(C(F)(F)F)cn23)C1. The van der Waals surface area contributed by atoms with Crippen molar-refractivity contribution < 1.29 is 22.4 Å². The van der Waals surface area contributed by atoms with Crippen molar-refractivity contribution in [3.8, 4) is 0 Å². The number of aromatic nitrogens is 3. The van der Waals surface area contributed by atoms with Gasteiger partial charge in [0, 0.05) is 25.2 Å². The zero-order valence-corrected chi connectivity index (χ0v) is 15.7. The minimum absolute atomic E-state index is 0.0138. The van der Waals surface area contributed by atoms with Crippen LogP contribution >= 0.6 is 11.6 Å². The maximum absolute atomic E-state index is 14.1. The molecule has 152 valence electrons. The van der Waals surface area contributed by atoms with Gasteiger partial charge in [-0.1, -0.05) is 17.7 Å². The molecular formula is C19H15ClF4N4O. The van der Waals surface area contributed by atoms with Crippen LogP contribution in [0.3, 0.4) is 0 Å². The fraction of sp³-hybridized carbons (Fsp3) is 0.316. The van der Waals surface area contributed by atoms with E-state index in [2.05, 4.69) is 10.2 Å². The number of pyridine rings is 1. The fourth-order valence-electron chi connectivity index (χ4n) is 3.59. The Hall–Kier alpha value is -2.68. The molecule has 0 spiro atoms. The van der Waals surface area contributed by atoms with Gasteiger partial charge in [-0.15, -0.1) is 10.2 Å². The topological polar surface area (TPSA) is 50.5 Å². The molecule has 0 radical (unpaired) electrons. The zero-order valence-electron chi connectivity index (χ0n) is 15.0. The average molecular weight is 427 g/mol. The van der Waals surface area contributed by atoms with Crippen molar-refractivity contribution in [1.29, 1.82) is 0 Å². The number of carbonyl (C=O) groups excluding carboxylic acids is 1. The number of carbonyl (C=O) groups is 1. The third kappa shape index (κ3) is 3.66. The van der Waals surface area contributed by atoms with E-state index < -0.39 is 23.5 Å². The maximum atomic E-state index is 14.1. The van der Waals surface area contributed by atoms with Gasteiger partial charge >= 0.3 is 6.18 Å². The molecule has 4 rings (SSSR count). The Morgan fingerprint density at radius 3 is 2.69 bits per heavy atom. The van der Waals surface area contributed by atoms with Crippen LogP contribution in [-0.2, 0) is 6.18 Å². The molecule has 1 aliphatic rings. The highest BCUT2D eigenvalue weighted by molar-refractivity contribution is 6.33. The van der Waals surface area contributed by atoms with Crippen LogP contribution in [0.5, 0.6) is 0 Å². The molecule has 0 N–H and O–H groups in total. The quantitative estimate of drug-likeness (QED) is 0.564. The van der Waals surface area contributed by atoms with Gasteiger partial charge in [0.2, 0.25) is 0 Å². The van der Waals surface area contributed by atoms with Crippen molar-refractivity contribution >= 4 is 23.2 Å². The molecule has 1 saturated heterocycles. The van der Waals surface area contributed by atoms with Gasteiger partial charge in [0.05, 0.1) is 16.1 Å². The Bertz CT molecular complexity index is 1060. The van der Waals surface area contributed by atoms with E-state index in [-0.39, 0.29) is 28.7 Å². The van der Waals surface area contributed by atoms with Crippen LogP contribution in [0, 0.1) is 5.82 Å². The monoisotopic (exact) mass is 426 g/mol. The van der Waals surface area contributed by atoms with E-state index in [1.54, 1.807) is 0 Å². The minimum atomic E-state index is -4.49. The number of hydrogen-bond donors (Lipinski definition) is 0. The molecule has 29 heavy (non-hydrogen) atoms. The van der Waals surface area contributed by atoms with Gasteiger partial charge in [0.15, 0.2) is 5.65 Å². The number of halogens is 5. The van der Waals surface area contributed by atoms with E-state index in [4.69, 9.17) is 11.6 Å². The largest absolute Gasteiger partial charge is 0.417 e. The number of rotatable bonds is 2.